The molecule has 39 heavy (non-hydrogen) atoms. The quantitative estimate of drug-likeness (QED) is 0.524. The van der Waals surface area contributed by atoms with Gasteiger partial charge in [0.1, 0.15) is 0 Å². The number of alkyl halides is 6. The van der Waals surface area contributed by atoms with Crippen molar-refractivity contribution in [3.8, 4) is 0 Å². The molecule has 220 valence electrons. The van der Waals surface area contributed by atoms with Gasteiger partial charge in [-0.05, 0) is 25.0 Å². The summed E-state index contributed by atoms with van der Waals surface area (Å²) in [6.07, 6.45) is -6.37. The Bertz CT molecular complexity index is 926. The van der Waals surface area contributed by atoms with Crippen molar-refractivity contribution in [1.82, 2.24) is 14.8 Å². The number of amides is 1. The van der Waals surface area contributed by atoms with Gasteiger partial charge in [-0.1, -0.05) is 6.07 Å². The minimum absolute atomic E-state index is 0.0580. The monoisotopic (exact) mass is 573 g/mol. The predicted octanol–water partition coefficient (Wildman–Crippen LogP) is 2.44. The maximum absolute atomic E-state index is 13.3. The topological polar surface area (TPSA) is 130 Å². The molecule has 0 aromatic carbocycles. The van der Waals surface area contributed by atoms with Crippen LogP contribution < -0.4 is 0 Å². The van der Waals surface area contributed by atoms with Gasteiger partial charge < -0.3 is 24.6 Å². The molecule has 0 radical (unpaired) electrons. The molecule has 3 aliphatic heterocycles. The van der Waals surface area contributed by atoms with E-state index in [4.69, 9.17) is 29.3 Å². The molecule has 0 aliphatic carbocycles. The van der Waals surface area contributed by atoms with Crippen LogP contribution in [0.25, 0.3) is 0 Å². The second-order valence-electron chi connectivity index (χ2n) is 9.06. The highest BCUT2D eigenvalue weighted by atomic mass is 19.4. The average molecular weight is 573 g/mol. The third-order valence-corrected chi connectivity index (χ3v) is 6.42. The molecule has 2 N–H and O–H groups in total. The molecule has 1 atom stereocenters. The van der Waals surface area contributed by atoms with E-state index in [9.17, 15) is 31.1 Å². The molecule has 1 aromatic rings. The zero-order valence-corrected chi connectivity index (χ0v) is 20.7. The SMILES string of the molecule is O=C(C1CN(Cc2ccccn2)CC12CCOCC2)N1CCOCC1.O=C(O)C(F)(F)F.O=C(O)C(F)(F)F. The average Bonchev–Trinajstić information content (AvgIpc) is 3.21. The van der Waals surface area contributed by atoms with Crippen molar-refractivity contribution in [2.45, 2.75) is 31.7 Å². The fraction of sp³-hybridized carbons (Fsp3) is 0.652. The largest absolute Gasteiger partial charge is 0.490 e. The Hall–Kier alpha value is -2.98. The van der Waals surface area contributed by atoms with E-state index in [2.05, 4.69) is 16.0 Å². The first kappa shape index (κ1) is 32.2. The lowest BCUT2D eigenvalue weighted by atomic mass is 9.71. The number of carbonyl (C=O) groups is 3. The lowest BCUT2D eigenvalue weighted by Gasteiger charge is -2.40. The number of rotatable bonds is 3. The number of halogens is 6. The van der Waals surface area contributed by atoms with E-state index in [-0.39, 0.29) is 11.3 Å². The highest BCUT2D eigenvalue weighted by molar-refractivity contribution is 5.80. The molecule has 3 saturated heterocycles. The van der Waals surface area contributed by atoms with Gasteiger partial charge in [-0.25, -0.2) is 9.59 Å². The van der Waals surface area contributed by atoms with Crippen molar-refractivity contribution in [3.05, 3.63) is 30.1 Å². The number of hydrogen-bond donors (Lipinski definition) is 2. The van der Waals surface area contributed by atoms with E-state index in [1.54, 1.807) is 0 Å². The van der Waals surface area contributed by atoms with Gasteiger partial charge in [0.25, 0.3) is 0 Å². The van der Waals surface area contributed by atoms with Crippen LogP contribution in [0.5, 0.6) is 0 Å². The molecule has 3 fully saturated rings. The molecule has 1 unspecified atom stereocenters. The Morgan fingerprint density at radius 1 is 0.923 bits per heavy atom. The van der Waals surface area contributed by atoms with Gasteiger partial charge in [0, 0.05) is 57.5 Å². The van der Waals surface area contributed by atoms with E-state index in [0.717, 1.165) is 64.5 Å². The molecule has 1 aromatic heterocycles. The summed E-state index contributed by atoms with van der Waals surface area (Å²) in [7, 11) is 0. The van der Waals surface area contributed by atoms with Crippen molar-refractivity contribution in [1.29, 1.82) is 0 Å². The summed E-state index contributed by atoms with van der Waals surface area (Å²) in [5.74, 6) is -5.13. The zero-order chi connectivity index (χ0) is 29.3. The maximum atomic E-state index is 13.3. The summed E-state index contributed by atoms with van der Waals surface area (Å²) in [6, 6.07) is 6.03. The van der Waals surface area contributed by atoms with Crippen LogP contribution in [-0.4, -0.2) is 108 Å². The van der Waals surface area contributed by atoms with Crippen molar-refractivity contribution < 1.29 is 60.4 Å². The molecule has 4 heterocycles. The van der Waals surface area contributed by atoms with Crippen molar-refractivity contribution in [2.75, 3.05) is 52.6 Å². The Balaban J connectivity index is 0.000000317. The molecule has 4 rings (SSSR count). The van der Waals surface area contributed by atoms with Crippen LogP contribution in [0, 0.1) is 11.3 Å². The van der Waals surface area contributed by atoms with E-state index in [0.29, 0.717) is 19.1 Å². The molecule has 0 bridgehead atoms. The number of nitrogens with zero attached hydrogens (tertiary/aromatic N) is 3. The molecule has 10 nitrogen and oxygen atoms in total. The highest BCUT2D eigenvalue weighted by Crippen LogP contribution is 2.45. The van der Waals surface area contributed by atoms with Crippen molar-refractivity contribution >= 4 is 17.8 Å². The number of hydrogen-bond acceptors (Lipinski definition) is 7. The minimum Gasteiger partial charge on any atom is -0.475 e. The lowest BCUT2D eigenvalue weighted by Crippen LogP contribution is -2.49. The third kappa shape index (κ3) is 9.93. The number of likely N-dealkylation sites (tertiary alicyclic amines) is 1. The second-order valence-corrected chi connectivity index (χ2v) is 9.06. The number of carboxylic acid groups (broad SMARTS) is 2. The molecule has 1 amide bonds. The van der Waals surface area contributed by atoms with Crippen LogP contribution in [0.3, 0.4) is 0 Å². The number of aromatic nitrogens is 1. The van der Waals surface area contributed by atoms with Crippen LogP contribution in [0.2, 0.25) is 0 Å². The first-order chi connectivity index (χ1) is 18.2. The predicted molar refractivity (Wildman–Crippen MR) is 120 cm³/mol. The molecular weight excluding hydrogens is 544 g/mol. The van der Waals surface area contributed by atoms with Crippen LogP contribution in [-0.2, 0) is 30.4 Å². The zero-order valence-electron chi connectivity index (χ0n) is 20.7. The van der Waals surface area contributed by atoms with Crippen LogP contribution in [0.4, 0.5) is 26.3 Å². The fourth-order valence-electron chi connectivity index (χ4n) is 4.54. The second kappa shape index (κ2) is 13.9. The van der Waals surface area contributed by atoms with Gasteiger partial charge in [-0.15, -0.1) is 0 Å². The number of carbonyl (C=O) groups excluding carboxylic acids is 1. The summed E-state index contributed by atoms with van der Waals surface area (Å²) >= 11 is 0. The maximum Gasteiger partial charge on any atom is 0.490 e. The Labute approximate surface area is 219 Å². The molecule has 3 aliphatic rings. The van der Waals surface area contributed by atoms with Crippen LogP contribution in [0.1, 0.15) is 18.5 Å². The first-order valence-corrected chi connectivity index (χ1v) is 11.8. The number of ether oxygens (including phenoxy) is 2. The van der Waals surface area contributed by atoms with E-state index in [1.165, 1.54) is 0 Å². The lowest BCUT2D eigenvalue weighted by molar-refractivity contribution is -0.193. The van der Waals surface area contributed by atoms with Gasteiger partial charge in [-0.2, -0.15) is 26.3 Å². The van der Waals surface area contributed by atoms with Crippen molar-refractivity contribution in [2.24, 2.45) is 11.3 Å². The van der Waals surface area contributed by atoms with E-state index >= 15 is 0 Å². The standard InChI is InChI=1S/C19H27N3O3.2C2HF3O2/c23-18(22-7-11-25-12-8-22)17-14-21(13-16-3-1-2-6-20-16)15-19(17)4-9-24-10-5-19;2*3-2(4,5)1(6)7/h1-3,6,17H,4-5,7-15H2;2*(H,6,7). The Kier molecular flexibility index (Phi) is 11.5. The molecule has 1 spiro atoms. The number of morpholine rings is 1. The summed E-state index contributed by atoms with van der Waals surface area (Å²) in [5, 5.41) is 14.2. The normalized spacial score (nSPS) is 21.3. The van der Waals surface area contributed by atoms with Crippen LogP contribution >= 0.6 is 0 Å². The fourth-order valence-corrected chi connectivity index (χ4v) is 4.54. The Morgan fingerprint density at radius 3 is 1.90 bits per heavy atom. The first-order valence-electron chi connectivity index (χ1n) is 11.8. The number of pyridine rings is 1. The number of carboxylic acids is 2. The molecule has 0 saturated carbocycles. The summed E-state index contributed by atoms with van der Waals surface area (Å²) < 4.78 is 74.5. The minimum atomic E-state index is -5.08. The van der Waals surface area contributed by atoms with Gasteiger partial charge in [0.15, 0.2) is 0 Å². The summed E-state index contributed by atoms with van der Waals surface area (Å²) in [5.41, 5.74) is 1.13. The smallest absolute Gasteiger partial charge is 0.475 e. The van der Waals surface area contributed by atoms with E-state index < -0.39 is 24.3 Å². The molecular formula is C23H29F6N3O7. The van der Waals surface area contributed by atoms with Crippen molar-refractivity contribution in [3.63, 3.8) is 0 Å². The highest BCUT2D eigenvalue weighted by Gasteiger charge is 2.51. The molecule has 16 heteroatoms. The van der Waals surface area contributed by atoms with Gasteiger partial charge >= 0.3 is 24.3 Å². The Morgan fingerprint density at radius 2 is 1.44 bits per heavy atom. The van der Waals surface area contributed by atoms with E-state index in [1.807, 2.05) is 23.2 Å². The van der Waals surface area contributed by atoms with Gasteiger partial charge in [0.05, 0.1) is 24.8 Å². The third-order valence-electron chi connectivity index (χ3n) is 6.42. The number of aliphatic carboxylic acids is 2. The van der Waals surface area contributed by atoms with Crippen LogP contribution in [0.15, 0.2) is 24.4 Å². The van der Waals surface area contributed by atoms with Gasteiger partial charge in [0.2, 0.25) is 5.91 Å². The van der Waals surface area contributed by atoms with Gasteiger partial charge in [-0.3, -0.25) is 14.7 Å². The summed E-state index contributed by atoms with van der Waals surface area (Å²) in [4.78, 5) is 39.9. The summed E-state index contributed by atoms with van der Waals surface area (Å²) in [6.45, 7) is 6.91.